The Labute approximate surface area is 625 Å². The highest BCUT2D eigenvalue weighted by Crippen LogP contribution is 2.24. The van der Waals surface area contributed by atoms with Crippen LogP contribution in [0.4, 0.5) is 0 Å². The van der Waals surface area contributed by atoms with E-state index in [0.717, 1.165) is 0 Å². The van der Waals surface area contributed by atoms with Crippen molar-refractivity contribution in [2.45, 2.75) is 178 Å². The van der Waals surface area contributed by atoms with E-state index in [1.165, 1.54) is 20.9 Å². The number of carbonyl (C=O) groups is 16. The number of aliphatic hydroxyl groups is 2. The van der Waals surface area contributed by atoms with Gasteiger partial charge in [-0.15, -0.1) is 0 Å². The van der Waals surface area contributed by atoms with Crippen molar-refractivity contribution in [1.29, 1.82) is 0 Å². The number of aliphatic carboxylic acids is 2. The van der Waals surface area contributed by atoms with E-state index < -0.39 is 248 Å². The molecule has 107 heavy (non-hydrogen) atoms. The summed E-state index contributed by atoms with van der Waals surface area (Å²) >= 11 is 0. The van der Waals surface area contributed by atoms with E-state index in [1.54, 1.807) is 58.0 Å². The summed E-state index contributed by atoms with van der Waals surface area (Å²) in [6.45, 7) is 5.29. The molecule has 13 atom stereocenters. The molecule has 1 heterocycles. The molecule has 0 aliphatic carbocycles. The summed E-state index contributed by atoms with van der Waals surface area (Å²) < 4.78 is 0. The molecule has 1 aliphatic heterocycles. The molecule has 1 aliphatic rings. The second kappa shape index (κ2) is 48.9. The van der Waals surface area contributed by atoms with Crippen molar-refractivity contribution in [3.8, 4) is 0 Å². The van der Waals surface area contributed by atoms with Crippen molar-refractivity contribution in [2.24, 2.45) is 56.4 Å². The van der Waals surface area contributed by atoms with Crippen molar-refractivity contribution in [3.63, 3.8) is 0 Å². The summed E-state index contributed by atoms with van der Waals surface area (Å²) in [6.07, 6.45) is -2.08. The van der Waals surface area contributed by atoms with Crippen LogP contribution in [0, 0.1) is 17.8 Å². The molecule has 0 saturated carbocycles. The summed E-state index contributed by atoms with van der Waals surface area (Å²) in [6, 6.07) is -11.1. The first-order valence-corrected chi connectivity index (χ1v) is 36.8. The SMILES string of the molecule is CC[C@H](C)[C@H](NC(=O)[C@H](CCCN=C(N)N)NC)C(=O)N[C@H](C(=O)N[C@@H](CCC(N)=O)C(=O)N[C@H]1CSSC[C@@H](C(=O)NCC(=O)N[C@@H](Cc2ccccc2)C(=O)O)NC(=O)[C@H](CO)NC(=O)CNC(=O)[C@H](CCC(=O)O)NC(=O)[C@H](C(C)C)NC(=O)[C@H](CO)NC(=O)[C@H](CCCN=C(N)N)NC1=O)C(C)C. The topological polar surface area (TPSA) is 677 Å². The number of guanidine groups is 2. The Morgan fingerprint density at radius 1 is 0.589 bits per heavy atom. The summed E-state index contributed by atoms with van der Waals surface area (Å²) in [4.78, 5) is 227. The molecule has 2 rings (SSSR count). The molecule has 1 aromatic carbocycles. The van der Waals surface area contributed by atoms with Gasteiger partial charge in [-0.2, -0.15) is 0 Å². The molecule has 41 nitrogen and oxygen atoms in total. The van der Waals surface area contributed by atoms with Gasteiger partial charge in [-0.25, -0.2) is 4.79 Å². The maximum atomic E-state index is 15.0. The average molecular weight is 1550 g/mol. The summed E-state index contributed by atoms with van der Waals surface area (Å²) in [5.74, 6) is -21.5. The molecule has 1 saturated heterocycles. The van der Waals surface area contributed by atoms with Gasteiger partial charge in [-0.3, -0.25) is 81.9 Å². The number of nitrogens with two attached hydrogens (primary N) is 5. The van der Waals surface area contributed by atoms with E-state index in [9.17, 15) is 97.1 Å². The van der Waals surface area contributed by atoms with E-state index in [1.807, 2.05) is 0 Å². The predicted molar refractivity (Wildman–Crippen MR) is 391 cm³/mol. The van der Waals surface area contributed by atoms with Crippen molar-refractivity contribution in [1.82, 2.24) is 74.4 Å². The largest absolute Gasteiger partial charge is 0.481 e. The number of primary amides is 1. The number of nitrogens with zero attached hydrogens (tertiary/aromatic N) is 2. The Hall–Kier alpha value is -10.1. The third kappa shape index (κ3) is 35.2. The number of aliphatic imine (C=N–C) groups is 2. The number of hydrogen-bond acceptors (Lipinski definition) is 23. The average Bonchev–Trinajstić information content (AvgIpc) is 0.858. The number of aliphatic hydroxyl groups excluding tert-OH is 2. The standard InChI is InChI=1S/C64H105N21O20S2/c1-8-33(6)50(85-53(95)35(70-7)16-12-22-71-63(66)67)61(103)84-49(32(4)5)60(102)79-38(18-20-44(65)88)55(97)82-43-30-107-106-29-42(52(94)74-25-45(89)75-39(62(104)105)24-34-14-10-9-11-15-34)81-56(98)40(27-86)76-46(90)26-73-51(93)37(19-21-47(91)92)78-59(101)48(31(2)3)83-57(99)41(28-87)80-54(96)36(77-58(43)100)17-13-23-72-64(68)69/h9-11,14-15,31-33,35-43,48-50,70,86-87H,8,12-13,16-30H2,1-7H3,(H2,65,88)(H,73,93)(H,74,94)(H,75,89)(H,76,90)(H,77,100)(H,78,101)(H,79,102)(H,80,96)(H,81,98)(H,82,97)(H,83,99)(H,84,103)(H,85,95)(H,91,92)(H,104,105)(H4,66,67,71)(H4,68,69,72)/t33-,35-,36-,37-,38-,39-,40-,41-,42-,43-,48-,49-,50-/m0/s1. The first-order valence-electron chi connectivity index (χ1n) is 34.4. The Morgan fingerprint density at radius 2 is 1.15 bits per heavy atom. The molecule has 0 radical (unpaired) electrons. The predicted octanol–water partition coefficient (Wildman–Crippen LogP) is -8.56. The van der Waals surface area contributed by atoms with Gasteiger partial charge in [-0.1, -0.05) is 99.9 Å². The minimum Gasteiger partial charge on any atom is -0.481 e. The van der Waals surface area contributed by atoms with Crippen LogP contribution in [0.1, 0.15) is 105 Å². The summed E-state index contributed by atoms with van der Waals surface area (Å²) in [5, 5.41) is 74.5. The second-order valence-corrected chi connectivity index (χ2v) is 28.1. The van der Waals surface area contributed by atoms with Gasteiger partial charge in [0.05, 0.1) is 32.3 Å². The minimum atomic E-state index is -1.92. The number of carboxylic acids is 2. The Balaban J connectivity index is 2.88. The Kier molecular flexibility index (Phi) is 42.4. The van der Waals surface area contributed by atoms with Gasteiger partial charge in [0.2, 0.25) is 82.7 Å². The molecule has 28 N–H and O–H groups in total. The van der Waals surface area contributed by atoms with Gasteiger partial charge in [-0.05, 0) is 68.9 Å². The van der Waals surface area contributed by atoms with E-state index in [0.29, 0.717) is 40.0 Å². The molecule has 598 valence electrons. The fraction of sp³-hybridized carbons (Fsp3) is 0.625. The molecule has 0 spiro atoms. The van der Waals surface area contributed by atoms with Gasteiger partial charge >= 0.3 is 11.9 Å². The van der Waals surface area contributed by atoms with Crippen LogP contribution in [0.3, 0.4) is 0 Å². The number of carbonyl (C=O) groups excluding carboxylic acids is 14. The molecular weight excluding hydrogens is 1450 g/mol. The highest BCUT2D eigenvalue weighted by atomic mass is 33.1. The maximum absolute atomic E-state index is 15.0. The number of nitrogens with one attached hydrogen (secondary N) is 14. The van der Waals surface area contributed by atoms with Gasteiger partial charge in [0, 0.05) is 43.9 Å². The minimum absolute atomic E-state index is 0.0941. The van der Waals surface area contributed by atoms with Crippen LogP contribution in [0.5, 0.6) is 0 Å². The Bertz CT molecular complexity index is 3280. The van der Waals surface area contributed by atoms with Crippen molar-refractivity contribution >= 4 is 128 Å². The lowest BCUT2D eigenvalue weighted by atomic mass is 9.95. The first-order chi connectivity index (χ1) is 50.5. The molecular formula is C64H105N21O20S2. The fourth-order valence-electron chi connectivity index (χ4n) is 10.0. The lowest BCUT2D eigenvalue weighted by Crippen LogP contribution is -2.62. The number of hydrogen-bond donors (Lipinski definition) is 23. The normalized spacial score (nSPS) is 20.6. The monoisotopic (exact) mass is 1550 g/mol. The van der Waals surface area contributed by atoms with Crippen LogP contribution in [0.2, 0.25) is 0 Å². The summed E-state index contributed by atoms with van der Waals surface area (Å²) in [7, 11) is 2.95. The Morgan fingerprint density at radius 3 is 1.72 bits per heavy atom. The van der Waals surface area contributed by atoms with Gasteiger partial charge in [0.15, 0.2) is 11.9 Å². The first kappa shape index (κ1) is 92.9. The quantitative estimate of drug-likeness (QED) is 0.0128. The second-order valence-electron chi connectivity index (χ2n) is 25.5. The van der Waals surface area contributed by atoms with Crippen LogP contribution in [-0.4, -0.2) is 257 Å². The van der Waals surface area contributed by atoms with Gasteiger partial charge in [0.25, 0.3) is 0 Å². The molecule has 43 heteroatoms. The molecule has 0 unspecified atom stereocenters. The van der Waals surface area contributed by atoms with Crippen LogP contribution in [0.15, 0.2) is 40.3 Å². The maximum Gasteiger partial charge on any atom is 0.326 e. The smallest absolute Gasteiger partial charge is 0.326 e. The van der Waals surface area contributed by atoms with Crippen molar-refractivity contribution < 1.29 is 97.1 Å². The van der Waals surface area contributed by atoms with Gasteiger partial charge in [0.1, 0.15) is 66.5 Å². The van der Waals surface area contributed by atoms with E-state index >= 15 is 0 Å². The zero-order valence-electron chi connectivity index (χ0n) is 60.7. The highest BCUT2D eigenvalue weighted by molar-refractivity contribution is 8.76. The lowest BCUT2D eigenvalue weighted by molar-refractivity contribution is -0.141. The number of rotatable bonds is 36. The summed E-state index contributed by atoms with van der Waals surface area (Å²) in [5.41, 5.74) is 28.1. The van der Waals surface area contributed by atoms with Crippen molar-refractivity contribution in [2.75, 3.05) is 57.9 Å². The van der Waals surface area contributed by atoms with Crippen molar-refractivity contribution in [3.05, 3.63) is 35.9 Å². The van der Waals surface area contributed by atoms with Crippen LogP contribution in [-0.2, 0) is 83.1 Å². The number of carboxylic acid groups (broad SMARTS) is 2. The lowest BCUT2D eigenvalue weighted by Gasteiger charge is -2.30. The third-order valence-electron chi connectivity index (χ3n) is 16.3. The molecule has 1 fully saturated rings. The van der Waals surface area contributed by atoms with Crippen LogP contribution < -0.4 is 103 Å². The fourth-order valence-corrected chi connectivity index (χ4v) is 12.3. The van der Waals surface area contributed by atoms with E-state index in [2.05, 4.69) is 84.4 Å². The number of amides is 14. The van der Waals surface area contributed by atoms with E-state index in [-0.39, 0.29) is 50.7 Å². The van der Waals surface area contributed by atoms with Crippen LogP contribution >= 0.6 is 21.6 Å². The zero-order valence-corrected chi connectivity index (χ0v) is 62.3. The molecule has 0 aromatic heterocycles. The number of benzene rings is 1. The van der Waals surface area contributed by atoms with Crippen LogP contribution in [0.25, 0.3) is 0 Å². The highest BCUT2D eigenvalue weighted by Gasteiger charge is 2.39. The number of likely N-dealkylation sites (N-methyl/N-ethyl adjacent to an activating group) is 1. The third-order valence-corrected chi connectivity index (χ3v) is 18.7. The molecule has 1 aromatic rings. The molecule has 0 bridgehead atoms. The van der Waals surface area contributed by atoms with E-state index in [4.69, 9.17) is 28.7 Å². The molecule has 14 amide bonds. The zero-order chi connectivity index (χ0) is 80.6. The van der Waals surface area contributed by atoms with Gasteiger partial charge < -0.3 is 124 Å².